The molecule has 9 nitrogen and oxygen atoms in total. The van der Waals surface area contributed by atoms with E-state index in [9.17, 15) is 9.90 Å². The normalized spacial score (nSPS) is 10.6. The van der Waals surface area contributed by atoms with Crippen LogP contribution in [-0.4, -0.2) is 45.0 Å². The van der Waals surface area contributed by atoms with Crippen LogP contribution >= 0.6 is 0 Å². The van der Waals surface area contributed by atoms with Crippen LogP contribution in [0.5, 0.6) is 5.88 Å². The number of nitrogens with one attached hydrogen (secondary N) is 1. The fourth-order valence-electron chi connectivity index (χ4n) is 2.37. The van der Waals surface area contributed by atoms with Gasteiger partial charge < -0.3 is 21.1 Å². The number of anilines is 2. The highest BCUT2D eigenvalue weighted by molar-refractivity contribution is 5.94. The first-order valence-electron chi connectivity index (χ1n) is 7.49. The summed E-state index contributed by atoms with van der Waals surface area (Å²) >= 11 is 0. The highest BCUT2D eigenvalue weighted by Crippen LogP contribution is 2.20. The van der Waals surface area contributed by atoms with Gasteiger partial charge in [-0.05, 0) is 24.3 Å². The average Bonchev–Trinajstić information content (AvgIpc) is 2.61. The van der Waals surface area contributed by atoms with Crippen molar-refractivity contribution >= 4 is 28.7 Å². The van der Waals surface area contributed by atoms with Gasteiger partial charge in [-0.3, -0.25) is 4.79 Å². The molecule has 0 saturated carbocycles. The second-order valence-electron chi connectivity index (χ2n) is 5.42. The minimum atomic E-state index is -0.297. The van der Waals surface area contributed by atoms with Crippen LogP contribution in [0.25, 0.3) is 11.2 Å². The van der Waals surface area contributed by atoms with Crippen molar-refractivity contribution in [3.05, 3.63) is 41.7 Å². The highest BCUT2D eigenvalue weighted by Gasteiger charge is 2.11. The summed E-state index contributed by atoms with van der Waals surface area (Å²) in [5.74, 6) is -0.487. The number of hydrogen-bond acceptors (Lipinski definition) is 8. The van der Waals surface area contributed by atoms with E-state index in [1.807, 2.05) is 24.1 Å². The minimum Gasteiger partial charge on any atom is -0.492 e. The van der Waals surface area contributed by atoms with Gasteiger partial charge in [0.05, 0.1) is 18.4 Å². The molecule has 0 spiro atoms. The molecule has 1 aromatic carbocycles. The van der Waals surface area contributed by atoms with Crippen molar-refractivity contribution in [2.75, 3.05) is 24.7 Å². The van der Waals surface area contributed by atoms with Gasteiger partial charge in [-0.2, -0.15) is 9.97 Å². The Bertz CT molecular complexity index is 928. The van der Waals surface area contributed by atoms with Crippen molar-refractivity contribution in [1.29, 1.82) is 0 Å². The second kappa shape index (κ2) is 6.56. The maximum Gasteiger partial charge on any atom is 0.251 e. The number of carbonyl (C=O) groups is 1. The summed E-state index contributed by atoms with van der Waals surface area (Å²) in [6, 6.07) is 7.19. The fourth-order valence-corrected chi connectivity index (χ4v) is 2.37. The highest BCUT2D eigenvalue weighted by atomic mass is 16.3. The molecule has 9 heteroatoms. The summed E-state index contributed by atoms with van der Waals surface area (Å²) in [5, 5.41) is 12.4. The molecule has 3 aromatic rings. The van der Waals surface area contributed by atoms with E-state index in [-0.39, 0.29) is 28.9 Å². The van der Waals surface area contributed by atoms with E-state index in [4.69, 9.17) is 5.73 Å². The average molecular weight is 339 g/mol. The van der Waals surface area contributed by atoms with Crippen molar-refractivity contribution in [3.8, 4) is 5.88 Å². The van der Waals surface area contributed by atoms with Crippen LogP contribution in [0.4, 0.5) is 11.6 Å². The first-order valence-corrected chi connectivity index (χ1v) is 7.49. The molecule has 128 valence electrons. The van der Waals surface area contributed by atoms with E-state index in [0.717, 1.165) is 5.69 Å². The van der Waals surface area contributed by atoms with Crippen molar-refractivity contribution in [2.24, 2.45) is 0 Å². The molecule has 3 rings (SSSR count). The first-order chi connectivity index (χ1) is 12.0. The Morgan fingerprint density at radius 3 is 2.64 bits per heavy atom. The van der Waals surface area contributed by atoms with Crippen LogP contribution < -0.4 is 16.0 Å². The molecule has 2 heterocycles. The largest absolute Gasteiger partial charge is 0.492 e. The number of benzene rings is 1. The number of carbonyl (C=O) groups excluding carboxylic acids is 1. The summed E-state index contributed by atoms with van der Waals surface area (Å²) in [4.78, 5) is 29.6. The lowest BCUT2D eigenvalue weighted by Gasteiger charge is -2.19. The topological polar surface area (TPSA) is 130 Å². The van der Waals surface area contributed by atoms with Crippen molar-refractivity contribution < 1.29 is 9.90 Å². The molecule has 0 unspecified atom stereocenters. The zero-order valence-electron chi connectivity index (χ0n) is 13.8. The zero-order chi connectivity index (χ0) is 18.0. The van der Waals surface area contributed by atoms with Gasteiger partial charge in [0.25, 0.3) is 5.91 Å². The first kappa shape index (κ1) is 16.4. The number of rotatable bonds is 4. The van der Waals surface area contributed by atoms with E-state index in [2.05, 4.69) is 25.3 Å². The number of hydrogen-bond donors (Lipinski definition) is 3. The van der Waals surface area contributed by atoms with E-state index in [1.165, 1.54) is 0 Å². The fraction of sp³-hybridized carbons (Fsp3) is 0.188. The molecule has 0 aliphatic rings. The molecule has 25 heavy (non-hydrogen) atoms. The summed E-state index contributed by atoms with van der Waals surface area (Å²) in [7, 11) is 3.48. The molecule has 0 saturated heterocycles. The van der Waals surface area contributed by atoms with Gasteiger partial charge >= 0.3 is 0 Å². The van der Waals surface area contributed by atoms with E-state index in [0.29, 0.717) is 17.8 Å². The molecule has 1 amide bonds. The smallest absolute Gasteiger partial charge is 0.251 e. The van der Waals surface area contributed by atoms with E-state index < -0.39 is 0 Å². The third kappa shape index (κ3) is 3.39. The lowest BCUT2D eigenvalue weighted by molar-refractivity contribution is 0.0963. The Morgan fingerprint density at radius 1 is 1.24 bits per heavy atom. The predicted octanol–water partition coefficient (Wildman–Crippen LogP) is 0.704. The van der Waals surface area contributed by atoms with Gasteiger partial charge in [0.15, 0.2) is 11.2 Å². The Balaban J connectivity index is 1.81. The Kier molecular flexibility index (Phi) is 4.29. The van der Waals surface area contributed by atoms with Crippen LogP contribution in [0.1, 0.15) is 16.1 Å². The Hall–Kier alpha value is -3.49. The standard InChI is InChI=1S/C16H17N7O2/c1-18-14(24)9-3-5-11(6-4-9)23(2)8-10-7-19-13-12(20-10)15(25)22-16(17)21-13/h3-7H,8H2,1-2H3,(H,18,24)(H3,17,19,21,22,25). The van der Waals surface area contributed by atoms with Crippen LogP contribution in [0.15, 0.2) is 30.5 Å². The predicted molar refractivity (Wildman–Crippen MR) is 93.1 cm³/mol. The number of nitrogens with two attached hydrogens (primary N) is 1. The molecule has 0 aliphatic carbocycles. The Labute approximate surface area is 143 Å². The van der Waals surface area contributed by atoms with Gasteiger partial charge in [-0.1, -0.05) is 0 Å². The summed E-state index contributed by atoms with van der Waals surface area (Å²) < 4.78 is 0. The van der Waals surface area contributed by atoms with Crippen LogP contribution in [-0.2, 0) is 6.54 Å². The number of amides is 1. The maximum atomic E-state index is 11.6. The number of aromatic hydroxyl groups is 1. The van der Waals surface area contributed by atoms with Crippen molar-refractivity contribution in [2.45, 2.75) is 6.54 Å². The summed E-state index contributed by atoms with van der Waals surface area (Å²) in [6.07, 6.45) is 1.57. The van der Waals surface area contributed by atoms with Crippen LogP contribution in [0.3, 0.4) is 0 Å². The Morgan fingerprint density at radius 2 is 1.96 bits per heavy atom. The number of nitrogens with zero attached hydrogens (tertiary/aromatic N) is 5. The van der Waals surface area contributed by atoms with Gasteiger partial charge in [0.2, 0.25) is 11.8 Å². The lowest BCUT2D eigenvalue weighted by Crippen LogP contribution is -2.19. The number of aromatic nitrogens is 4. The molecule has 0 aliphatic heterocycles. The molecular weight excluding hydrogens is 322 g/mol. The lowest BCUT2D eigenvalue weighted by atomic mass is 10.2. The molecule has 0 atom stereocenters. The number of nitrogen functional groups attached to an aromatic ring is 1. The van der Waals surface area contributed by atoms with Crippen molar-refractivity contribution in [1.82, 2.24) is 25.3 Å². The minimum absolute atomic E-state index is 0.0552. The molecule has 0 fully saturated rings. The molecule has 0 radical (unpaired) electrons. The third-order valence-electron chi connectivity index (χ3n) is 3.65. The van der Waals surface area contributed by atoms with Gasteiger partial charge in [0.1, 0.15) is 0 Å². The monoisotopic (exact) mass is 339 g/mol. The van der Waals surface area contributed by atoms with E-state index >= 15 is 0 Å². The molecular formula is C16H17N7O2. The maximum absolute atomic E-state index is 11.6. The quantitative estimate of drug-likeness (QED) is 0.633. The number of fused-ring (bicyclic) bond motifs is 1. The molecule has 4 N–H and O–H groups in total. The van der Waals surface area contributed by atoms with E-state index in [1.54, 1.807) is 25.4 Å². The summed E-state index contributed by atoms with van der Waals surface area (Å²) in [5.41, 5.74) is 8.05. The SMILES string of the molecule is CNC(=O)c1ccc(N(C)Cc2cnc3nc(N)nc(O)c3n2)cc1. The van der Waals surface area contributed by atoms with Crippen LogP contribution in [0, 0.1) is 0 Å². The van der Waals surface area contributed by atoms with Gasteiger partial charge in [0, 0.05) is 25.3 Å². The van der Waals surface area contributed by atoms with Crippen LogP contribution in [0.2, 0.25) is 0 Å². The van der Waals surface area contributed by atoms with Gasteiger partial charge in [-0.15, -0.1) is 0 Å². The molecule has 0 bridgehead atoms. The third-order valence-corrected chi connectivity index (χ3v) is 3.65. The zero-order valence-corrected chi connectivity index (χ0v) is 13.8. The van der Waals surface area contributed by atoms with Gasteiger partial charge in [-0.25, -0.2) is 9.97 Å². The molecule has 2 aromatic heterocycles. The summed E-state index contributed by atoms with van der Waals surface area (Å²) in [6.45, 7) is 0.450. The second-order valence-corrected chi connectivity index (χ2v) is 5.42. The van der Waals surface area contributed by atoms with Crippen molar-refractivity contribution in [3.63, 3.8) is 0 Å².